The van der Waals surface area contributed by atoms with Crippen LogP contribution >= 0.6 is 0 Å². The minimum absolute atomic E-state index is 0.861. The van der Waals surface area contributed by atoms with Gasteiger partial charge in [0.25, 0.3) is 0 Å². The zero-order valence-corrected chi connectivity index (χ0v) is 12.0. The van der Waals surface area contributed by atoms with Gasteiger partial charge >= 0.3 is 0 Å². The lowest BCUT2D eigenvalue weighted by molar-refractivity contribution is -0.0527. The van der Waals surface area contributed by atoms with E-state index in [-0.39, 0.29) is 0 Å². The van der Waals surface area contributed by atoms with Gasteiger partial charge in [-0.15, -0.1) is 0 Å². The maximum atomic E-state index is 1.63. The Morgan fingerprint density at radius 1 is 0.556 bits per heavy atom. The summed E-state index contributed by atoms with van der Waals surface area (Å²) in [6.45, 7) is 0. The van der Waals surface area contributed by atoms with Crippen LogP contribution in [-0.2, 0) is 0 Å². The highest BCUT2D eigenvalue weighted by atomic mass is 14.6. The zero-order valence-electron chi connectivity index (χ0n) is 12.0. The molecule has 4 fully saturated rings. The molecule has 0 spiro atoms. The second-order valence-corrected chi connectivity index (χ2v) is 7.91. The lowest BCUT2D eigenvalue weighted by Crippen LogP contribution is -2.46. The summed E-state index contributed by atoms with van der Waals surface area (Å²) in [6, 6.07) is 0. The summed E-state index contributed by atoms with van der Waals surface area (Å²) in [5.74, 6) is 4.63. The molecule has 18 heavy (non-hydrogen) atoms. The molecule has 0 N–H and O–H groups in total. The number of hydrogen-bond donors (Lipinski definition) is 0. The van der Waals surface area contributed by atoms with Crippen molar-refractivity contribution < 1.29 is 0 Å². The fourth-order valence-electron chi connectivity index (χ4n) is 6.55. The summed E-state index contributed by atoms with van der Waals surface area (Å²) >= 11 is 0. The Morgan fingerprint density at radius 2 is 1.17 bits per heavy atom. The third-order valence-electron chi connectivity index (χ3n) is 7.24. The molecule has 0 aromatic carbocycles. The van der Waals surface area contributed by atoms with E-state index in [1.54, 1.807) is 83.5 Å². The van der Waals surface area contributed by atoms with Crippen LogP contribution in [0, 0.1) is 29.1 Å². The van der Waals surface area contributed by atoms with Crippen molar-refractivity contribution in [3.63, 3.8) is 0 Å². The third-order valence-corrected chi connectivity index (χ3v) is 7.24. The topological polar surface area (TPSA) is 0 Å². The number of fused-ring (bicyclic) bond motifs is 1. The molecule has 0 nitrogen and oxygen atoms in total. The Hall–Kier alpha value is 0. The highest BCUT2D eigenvalue weighted by Crippen LogP contribution is 2.66. The molecule has 3 atom stereocenters. The summed E-state index contributed by atoms with van der Waals surface area (Å²) in [7, 11) is 0. The van der Waals surface area contributed by atoms with Gasteiger partial charge in [-0.05, 0) is 67.6 Å². The normalized spacial score (nSPS) is 46.0. The molecule has 0 aromatic heterocycles. The van der Waals surface area contributed by atoms with Crippen molar-refractivity contribution in [2.75, 3.05) is 0 Å². The van der Waals surface area contributed by atoms with Crippen LogP contribution in [0.3, 0.4) is 0 Å². The molecule has 102 valence electrons. The van der Waals surface area contributed by atoms with E-state index in [0.29, 0.717) is 0 Å². The Bertz CT molecular complexity index is 295. The molecule has 0 bridgehead atoms. The van der Waals surface area contributed by atoms with Crippen LogP contribution in [0.15, 0.2) is 0 Å². The van der Waals surface area contributed by atoms with Gasteiger partial charge in [0.15, 0.2) is 0 Å². The quantitative estimate of drug-likeness (QED) is 0.598. The van der Waals surface area contributed by atoms with E-state index in [1.165, 1.54) is 5.92 Å². The summed E-state index contributed by atoms with van der Waals surface area (Å²) < 4.78 is 0. The van der Waals surface area contributed by atoms with Crippen molar-refractivity contribution in [2.45, 2.75) is 83.5 Å². The SMILES string of the molecule is C1CCC2C(C1)CCCC2(C1CCCC1)C1CC1. The summed E-state index contributed by atoms with van der Waals surface area (Å²) in [5, 5.41) is 0. The molecule has 0 heteroatoms. The second kappa shape index (κ2) is 4.53. The van der Waals surface area contributed by atoms with Crippen LogP contribution < -0.4 is 0 Å². The Labute approximate surface area is 113 Å². The van der Waals surface area contributed by atoms with E-state index >= 15 is 0 Å². The minimum Gasteiger partial charge on any atom is -0.0530 e. The van der Waals surface area contributed by atoms with Gasteiger partial charge in [-0.3, -0.25) is 0 Å². The van der Waals surface area contributed by atoms with E-state index in [9.17, 15) is 0 Å². The Kier molecular flexibility index (Phi) is 2.97. The molecule has 4 aliphatic rings. The molecule has 0 amide bonds. The third kappa shape index (κ3) is 1.70. The second-order valence-electron chi connectivity index (χ2n) is 7.91. The Morgan fingerprint density at radius 3 is 1.94 bits per heavy atom. The van der Waals surface area contributed by atoms with Crippen molar-refractivity contribution in [1.82, 2.24) is 0 Å². The van der Waals surface area contributed by atoms with Crippen LogP contribution in [0.25, 0.3) is 0 Å². The molecule has 4 rings (SSSR count). The molecule has 0 aliphatic heterocycles. The first-order valence-electron chi connectivity index (χ1n) is 8.91. The van der Waals surface area contributed by atoms with Crippen molar-refractivity contribution >= 4 is 0 Å². The smallest absolute Gasteiger partial charge is 0.0210 e. The lowest BCUT2D eigenvalue weighted by atomic mass is 9.50. The summed E-state index contributed by atoms with van der Waals surface area (Å²) in [6.07, 6.45) is 20.6. The van der Waals surface area contributed by atoms with Crippen LogP contribution in [0.2, 0.25) is 0 Å². The Balaban J connectivity index is 1.66. The maximum absolute atomic E-state index is 1.63. The predicted octanol–water partition coefficient (Wildman–Crippen LogP) is 5.56. The summed E-state index contributed by atoms with van der Waals surface area (Å²) in [4.78, 5) is 0. The van der Waals surface area contributed by atoms with Crippen molar-refractivity contribution in [3.05, 3.63) is 0 Å². The first kappa shape index (κ1) is 11.8. The van der Waals surface area contributed by atoms with Gasteiger partial charge in [0.05, 0.1) is 0 Å². The standard InChI is InChI=1S/C18H30/c1-4-10-17-14(6-1)7-5-13-18(17,16-11-12-16)15-8-2-3-9-15/h14-17H,1-13H2. The number of hydrogen-bond acceptors (Lipinski definition) is 0. The fourth-order valence-corrected chi connectivity index (χ4v) is 6.55. The largest absolute Gasteiger partial charge is 0.0530 e. The van der Waals surface area contributed by atoms with E-state index in [2.05, 4.69) is 0 Å². The average Bonchev–Trinajstić information content (AvgIpc) is 3.13. The monoisotopic (exact) mass is 246 g/mol. The molecule has 0 heterocycles. The van der Waals surface area contributed by atoms with Gasteiger partial charge in [-0.1, -0.05) is 44.9 Å². The van der Waals surface area contributed by atoms with Crippen LogP contribution in [0.1, 0.15) is 83.5 Å². The molecule has 4 aliphatic carbocycles. The lowest BCUT2D eigenvalue weighted by Gasteiger charge is -2.54. The van der Waals surface area contributed by atoms with Crippen molar-refractivity contribution in [3.8, 4) is 0 Å². The molecule has 3 unspecified atom stereocenters. The first-order chi connectivity index (χ1) is 8.91. The van der Waals surface area contributed by atoms with Crippen LogP contribution in [0.4, 0.5) is 0 Å². The van der Waals surface area contributed by atoms with E-state index in [4.69, 9.17) is 0 Å². The minimum atomic E-state index is 0.861. The molecule has 0 saturated heterocycles. The van der Waals surface area contributed by atoms with Crippen LogP contribution in [-0.4, -0.2) is 0 Å². The van der Waals surface area contributed by atoms with E-state index in [1.807, 2.05) is 0 Å². The van der Waals surface area contributed by atoms with Gasteiger partial charge in [0, 0.05) is 0 Å². The van der Waals surface area contributed by atoms with Crippen LogP contribution in [0.5, 0.6) is 0 Å². The fraction of sp³-hybridized carbons (Fsp3) is 1.00. The van der Waals surface area contributed by atoms with Gasteiger partial charge in [-0.25, -0.2) is 0 Å². The summed E-state index contributed by atoms with van der Waals surface area (Å²) in [5.41, 5.74) is 0.861. The van der Waals surface area contributed by atoms with E-state index < -0.39 is 0 Å². The van der Waals surface area contributed by atoms with Crippen molar-refractivity contribution in [1.29, 1.82) is 0 Å². The maximum Gasteiger partial charge on any atom is -0.0210 e. The molecule has 0 radical (unpaired) electrons. The van der Waals surface area contributed by atoms with Crippen molar-refractivity contribution in [2.24, 2.45) is 29.1 Å². The van der Waals surface area contributed by atoms with Gasteiger partial charge in [0.1, 0.15) is 0 Å². The number of rotatable bonds is 2. The van der Waals surface area contributed by atoms with Gasteiger partial charge < -0.3 is 0 Å². The zero-order chi connectivity index (χ0) is 12.0. The molecular formula is C18H30. The average molecular weight is 246 g/mol. The molecule has 0 aromatic rings. The van der Waals surface area contributed by atoms with Gasteiger partial charge in [0.2, 0.25) is 0 Å². The predicted molar refractivity (Wildman–Crippen MR) is 76.4 cm³/mol. The van der Waals surface area contributed by atoms with Gasteiger partial charge in [-0.2, -0.15) is 0 Å². The van der Waals surface area contributed by atoms with E-state index in [0.717, 1.165) is 23.2 Å². The first-order valence-corrected chi connectivity index (χ1v) is 8.91. The molecular weight excluding hydrogens is 216 g/mol. The highest BCUT2D eigenvalue weighted by molar-refractivity contribution is 5.06. The highest BCUT2D eigenvalue weighted by Gasteiger charge is 2.57. The molecule has 4 saturated carbocycles.